The van der Waals surface area contributed by atoms with Crippen molar-refractivity contribution in [1.29, 1.82) is 0 Å². The lowest BCUT2D eigenvalue weighted by atomic mass is 9.83. The first kappa shape index (κ1) is 11.4. The maximum atomic E-state index is 10.2. The predicted octanol–water partition coefficient (Wildman–Crippen LogP) is 2.27. The normalized spacial score (nSPS) is 38.8. The van der Waals surface area contributed by atoms with Crippen molar-refractivity contribution in [1.82, 2.24) is 4.90 Å². The Bertz CT molecular complexity index is 205. The molecule has 0 spiro atoms. The molecule has 1 unspecified atom stereocenters. The quantitative estimate of drug-likeness (QED) is 0.664. The van der Waals surface area contributed by atoms with Crippen LogP contribution in [-0.2, 0) is 0 Å². The minimum absolute atomic E-state index is 0.0221. The van der Waals surface area contributed by atoms with Crippen LogP contribution >= 0.6 is 0 Å². The van der Waals surface area contributed by atoms with Crippen molar-refractivity contribution in [2.24, 2.45) is 11.8 Å². The Hall–Kier alpha value is -0.0800. The average molecular weight is 211 g/mol. The van der Waals surface area contributed by atoms with Crippen molar-refractivity contribution in [3.63, 3.8) is 0 Å². The fourth-order valence-electron chi connectivity index (χ4n) is 3.13. The number of rotatable bonds is 0. The van der Waals surface area contributed by atoms with Crippen LogP contribution < -0.4 is 0 Å². The smallest absolute Gasteiger partial charge is 0.0620 e. The highest BCUT2D eigenvalue weighted by Crippen LogP contribution is 2.35. The topological polar surface area (TPSA) is 23.5 Å². The van der Waals surface area contributed by atoms with Gasteiger partial charge >= 0.3 is 0 Å². The minimum Gasteiger partial charge on any atom is -0.392 e. The highest BCUT2D eigenvalue weighted by molar-refractivity contribution is 4.92. The number of piperidine rings is 1. The van der Waals surface area contributed by atoms with Crippen molar-refractivity contribution < 1.29 is 5.11 Å². The van der Waals surface area contributed by atoms with Crippen LogP contribution in [0.3, 0.4) is 0 Å². The van der Waals surface area contributed by atoms with Gasteiger partial charge in [0.15, 0.2) is 0 Å². The fourth-order valence-corrected chi connectivity index (χ4v) is 3.13. The van der Waals surface area contributed by atoms with E-state index in [0.29, 0.717) is 11.8 Å². The van der Waals surface area contributed by atoms with Gasteiger partial charge in [-0.05, 0) is 45.4 Å². The molecule has 1 N–H and O–H groups in total. The summed E-state index contributed by atoms with van der Waals surface area (Å²) in [7, 11) is 0. The van der Waals surface area contributed by atoms with Crippen LogP contribution in [0.15, 0.2) is 0 Å². The molecule has 0 radical (unpaired) electrons. The second-order valence-corrected chi connectivity index (χ2v) is 6.37. The SMILES string of the molecule is CC(C)(C)N1C[C@H]2CCCC[C@@H](C1)C2O. The molecule has 2 rings (SSSR count). The van der Waals surface area contributed by atoms with E-state index in [-0.39, 0.29) is 11.6 Å². The third-order valence-corrected chi connectivity index (χ3v) is 4.22. The van der Waals surface area contributed by atoms with Crippen molar-refractivity contribution in [3.8, 4) is 0 Å². The van der Waals surface area contributed by atoms with Crippen LogP contribution in [0.2, 0.25) is 0 Å². The maximum Gasteiger partial charge on any atom is 0.0620 e. The van der Waals surface area contributed by atoms with Gasteiger partial charge in [-0.3, -0.25) is 4.90 Å². The summed E-state index contributed by atoms with van der Waals surface area (Å²) in [5.74, 6) is 1.07. The zero-order valence-electron chi connectivity index (χ0n) is 10.4. The maximum absolute atomic E-state index is 10.2. The van der Waals surface area contributed by atoms with Gasteiger partial charge in [-0.25, -0.2) is 0 Å². The molecule has 2 bridgehead atoms. The van der Waals surface area contributed by atoms with Gasteiger partial charge in [-0.1, -0.05) is 12.8 Å². The Morgan fingerprint density at radius 3 is 1.87 bits per heavy atom. The Balaban J connectivity index is 2.11. The molecule has 0 aromatic carbocycles. The van der Waals surface area contributed by atoms with E-state index in [9.17, 15) is 5.11 Å². The molecule has 0 amide bonds. The molecule has 1 heterocycles. The Morgan fingerprint density at radius 1 is 1.00 bits per heavy atom. The van der Waals surface area contributed by atoms with Crippen molar-refractivity contribution in [2.75, 3.05) is 13.1 Å². The second-order valence-electron chi connectivity index (χ2n) is 6.37. The molecule has 1 aliphatic carbocycles. The summed E-state index contributed by atoms with van der Waals surface area (Å²) in [4.78, 5) is 2.57. The lowest BCUT2D eigenvalue weighted by molar-refractivity contribution is -0.0479. The molecule has 2 heteroatoms. The third-order valence-electron chi connectivity index (χ3n) is 4.22. The zero-order valence-corrected chi connectivity index (χ0v) is 10.4. The average Bonchev–Trinajstić information content (AvgIpc) is 2.27. The van der Waals surface area contributed by atoms with Crippen LogP contribution in [0.5, 0.6) is 0 Å². The van der Waals surface area contributed by atoms with E-state index >= 15 is 0 Å². The molecular formula is C13H25NO. The van der Waals surface area contributed by atoms with Crippen LogP contribution in [-0.4, -0.2) is 34.7 Å². The van der Waals surface area contributed by atoms with E-state index in [0.717, 1.165) is 13.1 Å². The molecular weight excluding hydrogens is 186 g/mol. The highest BCUT2D eigenvalue weighted by Gasteiger charge is 2.39. The lowest BCUT2D eigenvalue weighted by Crippen LogP contribution is -2.54. The van der Waals surface area contributed by atoms with Gasteiger partial charge < -0.3 is 5.11 Å². The molecule has 3 atom stereocenters. The minimum atomic E-state index is -0.0221. The number of hydrogen-bond acceptors (Lipinski definition) is 2. The number of aliphatic hydroxyl groups excluding tert-OH is 1. The summed E-state index contributed by atoms with van der Waals surface area (Å²) in [6.45, 7) is 9.06. The highest BCUT2D eigenvalue weighted by atomic mass is 16.3. The first-order chi connectivity index (χ1) is 6.98. The van der Waals surface area contributed by atoms with Crippen molar-refractivity contribution in [3.05, 3.63) is 0 Å². The standard InChI is InChI=1S/C13H25NO/c1-13(2,3)14-8-10-6-4-5-7-11(9-14)12(10)15/h10-12,15H,4-9H2,1-3H3/t10-,11+,12?. The Kier molecular flexibility index (Phi) is 3.09. The Labute approximate surface area is 93.7 Å². The molecule has 1 saturated carbocycles. The van der Waals surface area contributed by atoms with E-state index in [4.69, 9.17) is 0 Å². The molecule has 2 fully saturated rings. The number of hydrogen-bond donors (Lipinski definition) is 1. The third kappa shape index (κ3) is 2.36. The van der Waals surface area contributed by atoms with Gasteiger partial charge in [0.2, 0.25) is 0 Å². The van der Waals surface area contributed by atoms with Crippen LogP contribution in [0.25, 0.3) is 0 Å². The monoisotopic (exact) mass is 211 g/mol. The number of fused-ring (bicyclic) bond motifs is 2. The first-order valence-corrected chi connectivity index (χ1v) is 6.41. The number of aliphatic hydroxyl groups is 1. The first-order valence-electron chi connectivity index (χ1n) is 6.41. The van der Waals surface area contributed by atoms with Gasteiger partial charge in [0, 0.05) is 18.6 Å². The molecule has 1 saturated heterocycles. The van der Waals surface area contributed by atoms with Crippen LogP contribution in [0.4, 0.5) is 0 Å². The largest absolute Gasteiger partial charge is 0.392 e. The predicted molar refractivity (Wildman–Crippen MR) is 62.8 cm³/mol. The van der Waals surface area contributed by atoms with Gasteiger partial charge in [0.1, 0.15) is 0 Å². The fraction of sp³-hybridized carbons (Fsp3) is 1.00. The molecule has 0 aromatic heterocycles. The summed E-state index contributed by atoms with van der Waals surface area (Å²) >= 11 is 0. The summed E-state index contributed by atoms with van der Waals surface area (Å²) < 4.78 is 0. The van der Waals surface area contributed by atoms with Gasteiger partial charge in [-0.2, -0.15) is 0 Å². The van der Waals surface area contributed by atoms with Crippen LogP contribution in [0, 0.1) is 11.8 Å². The van der Waals surface area contributed by atoms with Gasteiger partial charge in [0.25, 0.3) is 0 Å². The van der Waals surface area contributed by atoms with E-state index < -0.39 is 0 Å². The van der Waals surface area contributed by atoms with Crippen molar-refractivity contribution in [2.45, 2.75) is 58.1 Å². The molecule has 88 valence electrons. The summed E-state index contributed by atoms with van der Waals surface area (Å²) in [6.07, 6.45) is 5.06. The molecule has 2 aliphatic rings. The van der Waals surface area contributed by atoms with Crippen LogP contribution in [0.1, 0.15) is 46.5 Å². The second kappa shape index (κ2) is 4.06. The summed E-state index contributed by atoms with van der Waals surface area (Å²) in [6, 6.07) is 0. The lowest BCUT2D eigenvalue weighted by Gasteiger charge is -2.46. The van der Waals surface area contributed by atoms with E-state index in [1.54, 1.807) is 0 Å². The van der Waals surface area contributed by atoms with Gasteiger partial charge in [-0.15, -0.1) is 0 Å². The molecule has 15 heavy (non-hydrogen) atoms. The molecule has 2 nitrogen and oxygen atoms in total. The van der Waals surface area contributed by atoms with E-state index in [1.807, 2.05) is 0 Å². The number of likely N-dealkylation sites (tertiary alicyclic amines) is 1. The van der Waals surface area contributed by atoms with E-state index in [2.05, 4.69) is 25.7 Å². The molecule has 0 aromatic rings. The van der Waals surface area contributed by atoms with E-state index in [1.165, 1.54) is 25.7 Å². The van der Waals surface area contributed by atoms with Crippen molar-refractivity contribution >= 4 is 0 Å². The van der Waals surface area contributed by atoms with Gasteiger partial charge in [0.05, 0.1) is 6.10 Å². The summed E-state index contributed by atoms with van der Waals surface area (Å²) in [5, 5.41) is 10.2. The number of nitrogens with zero attached hydrogens (tertiary/aromatic N) is 1. The Morgan fingerprint density at radius 2 is 1.47 bits per heavy atom. The zero-order chi connectivity index (χ0) is 11.1. The molecule has 1 aliphatic heterocycles. The summed E-state index contributed by atoms with van der Waals surface area (Å²) in [5.41, 5.74) is 0.265.